The molecule has 6 heteroatoms. The molecule has 1 saturated heterocycles. The summed E-state index contributed by atoms with van der Waals surface area (Å²) in [6, 6.07) is 1.78. The number of amides is 1. The van der Waals surface area contributed by atoms with E-state index in [4.69, 9.17) is 4.74 Å². The molecule has 1 aromatic heterocycles. The number of methoxy groups -OCH3 is 1. The van der Waals surface area contributed by atoms with Crippen LogP contribution >= 0.6 is 23.7 Å². The Labute approximate surface area is 124 Å². The summed E-state index contributed by atoms with van der Waals surface area (Å²) in [6.07, 6.45) is 2.34. The molecule has 0 spiro atoms. The first-order valence-corrected chi connectivity index (χ1v) is 7.12. The Morgan fingerprint density at radius 2 is 2.42 bits per heavy atom. The Balaban J connectivity index is 0.00000180. The van der Waals surface area contributed by atoms with Crippen LogP contribution in [0.4, 0.5) is 0 Å². The van der Waals surface area contributed by atoms with E-state index >= 15 is 0 Å². The third kappa shape index (κ3) is 4.37. The molecule has 1 aliphatic rings. The monoisotopic (exact) mass is 304 g/mol. The molecule has 2 rings (SSSR count). The molecular weight excluding hydrogens is 284 g/mol. The van der Waals surface area contributed by atoms with Gasteiger partial charge in [0, 0.05) is 24.5 Å². The van der Waals surface area contributed by atoms with E-state index in [0.29, 0.717) is 4.88 Å². The summed E-state index contributed by atoms with van der Waals surface area (Å²) in [6.45, 7) is 5.00. The van der Waals surface area contributed by atoms with Gasteiger partial charge in [-0.15, -0.1) is 23.7 Å². The van der Waals surface area contributed by atoms with Gasteiger partial charge in [0.15, 0.2) is 0 Å². The highest BCUT2D eigenvalue weighted by Gasteiger charge is 2.27. The van der Waals surface area contributed by atoms with Gasteiger partial charge in [0.25, 0.3) is 5.91 Å². The van der Waals surface area contributed by atoms with Gasteiger partial charge in [-0.2, -0.15) is 0 Å². The second-order valence-corrected chi connectivity index (χ2v) is 6.04. The van der Waals surface area contributed by atoms with Crippen LogP contribution in [0.1, 0.15) is 29.4 Å². The zero-order valence-electron chi connectivity index (χ0n) is 11.3. The van der Waals surface area contributed by atoms with Crippen molar-refractivity contribution in [1.29, 1.82) is 0 Å². The van der Waals surface area contributed by atoms with Crippen molar-refractivity contribution in [2.45, 2.75) is 19.8 Å². The van der Waals surface area contributed by atoms with Crippen molar-refractivity contribution in [3.05, 3.63) is 16.3 Å². The normalized spacial score (nSPS) is 22.4. The van der Waals surface area contributed by atoms with E-state index in [2.05, 4.69) is 17.6 Å². The number of halogens is 1. The fraction of sp³-hybridized carbons (Fsp3) is 0.615. The summed E-state index contributed by atoms with van der Waals surface area (Å²) in [5, 5.41) is 8.25. The van der Waals surface area contributed by atoms with E-state index in [1.165, 1.54) is 17.8 Å². The standard InChI is InChI=1S/C13H20N2O2S.ClH/c1-13(4-3-5-14-8-13)9-15-12(16)11-6-10(17-2)7-18-11;/h6-7,14H,3-5,8-9H2,1-2H3,(H,15,16);1H. The number of hydrogen-bond donors (Lipinski definition) is 2. The number of rotatable bonds is 4. The first-order chi connectivity index (χ1) is 8.63. The molecule has 1 amide bonds. The second-order valence-electron chi connectivity index (χ2n) is 5.12. The molecule has 0 bridgehead atoms. The van der Waals surface area contributed by atoms with Crippen molar-refractivity contribution >= 4 is 29.7 Å². The highest BCUT2D eigenvalue weighted by atomic mass is 35.5. The summed E-state index contributed by atoms with van der Waals surface area (Å²) >= 11 is 1.42. The van der Waals surface area contributed by atoms with Crippen LogP contribution in [0.2, 0.25) is 0 Å². The van der Waals surface area contributed by atoms with Crippen LogP contribution in [-0.4, -0.2) is 32.7 Å². The van der Waals surface area contributed by atoms with E-state index in [-0.39, 0.29) is 23.7 Å². The molecular formula is C13H21ClN2O2S. The van der Waals surface area contributed by atoms with Crippen LogP contribution in [0.5, 0.6) is 5.75 Å². The number of carbonyl (C=O) groups excluding carboxylic acids is 1. The topological polar surface area (TPSA) is 50.4 Å². The molecule has 0 saturated carbocycles. The van der Waals surface area contributed by atoms with Crippen molar-refractivity contribution in [1.82, 2.24) is 10.6 Å². The Kier molecular flexibility index (Phi) is 6.10. The molecule has 1 unspecified atom stereocenters. The van der Waals surface area contributed by atoms with E-state index in [9.17, 15) is 4.79 Å². The van der Waals surface area contributed by atoms with Gasteiger partial charge in [-0.25, -0.2) is 0 Å². The van der Waals surface area contributed by atoms with Crippen molar-refractivity contribution in [3.8, 4) is 5.75 Å². The number of thiophene rings is 1. The van der Waals surface area contributed by atoms with Crippen LogP contribution in [0, 0.1) is 5.41 Å². The van der Waals surface area contributed by atoms with Crippen LogP contribution in [-0.2, 0) is 0 Å². The maximum atomic E-state index is 12.0. The molecule has 1 aromatic rings. The van der Waals surface area contributed by atoms with Crippen molar-refractivity contribution in [2.24, 2.45) is 5.41 Å². The van der Waals surface area contributed by atoms with E-state index in [0.717, 1.165) is 31.8 Å². The van der Waals surface area contributed by atoms with Crippen molar-refractivity contribution in [3.63, 3.8) is 0 Å². The van der Waals surface area contributed by atoms with Crippen LogP contribution in [0.25, 0.3) is 0 Å². The third-order valence-corrected chi connectivity index (χ3v) is 4.30. The van der Waals surface area contributed by atoms with Gasteiger partial charge in [-0.05, 0) is 24.8 Å². The minimum Gasteiger partial charge on any atom is -0.496 e. The molecule has 2 heterocycles. The minimum absolute atomic E-state index is 0. The third-order valence-electron chi connectivity index (χ3n) is 3.40. The lowest BCUT2D eigenvalue weighted by Crippen LogP contribution is -2.45. The predicted octanol–water partition coefficient (Wildman–Crippen LogP) is 2.30. The summed E-state index contributed by atoms with van der Waals surface area (Å²) in [5.41, 5.74) is 0.176. The number of carbonyl (C=O) groups is 1. The Morgan fingerprint density at radius 1 is 1.63 bits per heavy atom. The molecule has 0 radical (unpaired) electrons. The summed E-state index contributed by atoms with van der Waals surface area (Å²) in [7, 11) is 1.61. The van der Waals surface area contributed by atoms with Crippen LogP contribution in [0.3, 0.4) is 0 Å². The minimum atomic E-state index is -0.00454. The average Bonchev–Trinajstić information content (AvgIpc) is 2.86. The average molecular weight is 305 g/mol. The maximum Gasteiger partial charge on any atom is 0.261 e. The fourth-order valence-corrected chi connectivity index (χ4v) is 2.97. The van der Waals surface area contributed by atoms with Gasteiger partial charge in [-0.3, -0.25) is 4.79 Å². The fourth-order valence-electron chi connectivity index (χ4n) is 2.20. The van der Waals surface area contributed by atoms with Gasteiger partial charge in [0.1, 0.15) is 5.75 Å². The molecule has 1 atom stereocenters. The highest BCUT2D eigenvalue weighted by molar-refractivity contribution is 7.12. The quantitative estimate of drug-likeness (QED) is 0.897. The largest absolute Gasteiger partial charge is 0.496 e. The zero-order valence-corrected chi connectivity index (χ0v) is 13.0. The van der Waals surface area contributed by atoms with Crippen LogP contribution < -0.4 is 15.4 Å². The van der Waals surface area contributed by atoms with Gasteiger partial charge >= 0.3 is 0 Å². The Morgan fingerprint density at radius 3 is 3.00 bits per heavy atom. The van der Waals surface area contributed by atoms with Gasteiger partial charge in [-0.1, -0.05) is 6.92 Å². The lowest BCUT2D eigenvalue weighted by molar-refractivity contribution is 0.0928. The molecule has 4 nitrogen and oxygen atoms in total. The molecule has 19 heavy (non-hydrogen) atoms. The molecule has 2 N–H and O–H groups in total. The van der Waals surface area contributed by atoms with Gasteiger partial charge < -0.3 is 15.4 Å². The molecule has 1 fully saturated rings. The smallest absolute Gasteiger partial charge is 0.261 e. The molecule has 0 aromatic carbocycles. The van der Waals surface area contributed by atoms with Crippen LogP contribution in [0.15, 0.2) is 11.4 Å². The SMILES string of the molecule is COc1csc(C(=O)NCC2(C)CCCNC2)c1.Cl. The summed E-state index contributed by atoms with van der Waals surface area (Å²) < 4.78 is 5.08. The number of nitrogens with one attached hydrogen (secondary N) is 2. The molecule has 1 aliphatic heterocycles. The van der Waals surface area contributed by atoms with Crippen molar-refractivity contribution < 1.29 is 9.53 Å². The maximum absolute atomic E-state index is 12.0. The number of piperidine rings is 1. The van der Waals surface area contributed by atoms with E-state index < -0.39 is 0 Å². The number of hydrogen-bond acceptors (Lipinski definition) is 4. The first-order valence-electron chi connectivity index (χ1n) is 6.24. The zero-order chi connectivity index (χ0) is 13.0. The second kappa shape index (κ2) is 7.12. The first kappa shape index (κ1) is 16.3. The molecule has 108 valence electrons. The van der Waals surface area contributed by atoms with Gasteiger partial charge in [0.05, 0.1) is 12.0 Å². The Bertz CT molecular complexity index is 417. The predicted molar refractivity (Wildman–Crippen MR) is 80.7 cm³/mol. The molecule has 0 aliphatic carbocycles. The number of ether oxygens (including phenoxy) is 1. The summed E-state index contributed by atoms with van der Waals surface area (Å²) in [4.78, 5) is 12.7. The van der Waals surface area contributed by atoms with Gasteiger partial charge in [0.2, 0.25) is 0 Å². The van der Waals surface area contributed by atoms with E-state index in [1.807, 2.05) is 5.38 Å². The van der Waals surface area contributed by atoms with Crippen molar-refractivity contribution in [2.75, 3.05) is 26.7 Å². The lowest BCUT2D eigenvalue weighted by Gasteiger charge is -2.34. The summed E-state index contributed by atoms with van der Waals surface area (Å²) in [5.74, 6) is 0.741. The highest BCUT2D eigenvalue weighted by Crippen LogP contribution is 2.25. The Hall–Kier alpha value is -0.780. The lowest BCUT2D eigenvalue weighted by atomic mass is 9.83. The van der Waals surface area contributed by atoms with E-state index in [1.54, 1.807) is 13.2 Å².